The molecule has 5 saturated carbocycles. The number of carbonyl (C=O) groups excluding carboxylic acids is 1. The van der Waals surface area contributed by atoms with Crippen molar-refractivity contribution in [2.45, 2.75) is 139 Å². The van der Waals surface area contributed by atoms with Gasteiger partial charge in [-0.25, -0.2) is 0 Å². The first-order valence-electron chi connectivity index (χ1n) is 15.6. The van der Waals surface area contributed by atoms with Crippen molar-refractivity contribution in [2.75, 3.05) is 0 Å². The van der Waals surface area contributed by atoms with Crippen molar-refractivity contribution in [3.8, 4) is 0 Å². The number of esters is 1. The quantitative estimate of drug-likeness (QED) is 0.259. The van der Waals surface area contributed by atoms with Crippen molar-refractivity contribution in [2.24, 2.45) is 56.7 Å². The van der Waals surface area contributed by atoms with Crippen LogP contribution >= 0.6 is 0 Å². The molecular formula is C34H56O2. The molecule has 0 heterocycles. The zero-order valence-electron chi connectivity index (χ0n) is 25.0. The molecule has 2 heteroatoms. The van der Waals surface area contributed by atoms with Crippen LogP contribution in [0, 0.1) is 56.7 Å². The third-order valence-electron chi connectivity index (χ3n) is 14.3. The summed E-state index contributed by atoms with van der Waals surface area (Å²) in [5.74, 6) is 3.93. The van der Waals surface area contributed by atoms with Crippen LogP contribution in [0.4, 0.5) is 0 Å². The maximum absolute atomic E-state index is 11.9. The van der Waals surface area contributed by atoms with Gasteiger partial charge in [-0.3, -0.25) is 4.79 Å². The number of hydrogen-bond acceptors (Lipinski definition) is 2. The van der Waals surface area contributed by atoms with Gasteiger partial charge >= 0.3 is 5.97 Å². The number of ether oxygens (including phenoxy) is 1. The van der Waals surface area contributed by atoms with Crippen LogP contribution in [0.1, 0.15) is 132 Å². The van der Waals surface area contributed by atoms with E-state index in [1.54, 1.807) is 6.92 Å². The Kier molecular flexibility index (Phi) is 6.41. The summed E-state index contributed by atoms with van der Waals surface area (Å²) in [6, 6.07) is 0. The lowest BCUT2D eigenvalue weighted by molar-refractivity contribution is -0.181. The molecule has 5 fully saturated rings. The molecular weight excluding hydrogens is 440 g/mol. The van der Waals surface area contributed by atoms with E-state index in [4.69, 9.17) is 4.74 Å². The fourth-order valence-electron chi connectivity index (χ4n) is 12.2. The molecule has 0 aromatic rings. The SMILES string of the molecule is C=C(C)[C@H](CC)CC[C@@H](C)[C@H]1CCC2(C)C3CCC4C(C)(C)[C@@H](OC(C)=O)CCC45CC35CCC12C. The van der Waals surface area contributed by atoms with Gasteiger partial charge in [-0.05, 0) is 135 Å². The Morgan fingerprint density at radius 3 is 2.19 bits per heavy atom. The van der Waals surface area contributed by atoms with Crippen molar-refractivity contribution in [3.05, 3.63) is 12.2 Å². The number of hydrogen-bond donors (Lipinski definition) is 0. The number of allylic oxidation sites excluding steroid dienone is 1. The Morgan fingerprint density at radius 1 is 0.889 bits per heavy atom. The van der Waals surface area contributed by atoms with Crippen molar-refractivity contribution in [1.82, 2.24) is 0 Å². The van der Waals surface area contributed by atoms with E-state index in [2.05, 4.69) is 55.0 Å². The molecule has 0 aromatic heterocycles. The van der Waals surface area contributed by atoms with Gasteiger partial charge in [0.15, 0.2) is 0 Å². The molecule has 0 aliphatic heterocycles. The van der Waals surface area contributed by atoms with Crippen LogP contribution in [0.2, 0.25) is 0 Å². The summed E-state index contributed by atoms with van der Waals surface area (Å²) in [5, 5.41) is 0. The first-order chi connectivity index (χ1) is 16.8. The van der Waals surface area contributed by atoms with Crippen molar-refractivity contribution < 1.29 is 9.53 Å². The molecule has 0 amide bonds. The summed E-state index contributed by atoms with van der Waals surface area (Å²) in [4.78, 5) is 11.9. The minimum atomic E-state index is -0.0937. The number of fused-ring (bicyclic) bond motifs is 2. The maximum Gasteiger partial charge on any atom is 0.302 e. The van der Waals surface area contributed by atoms with Crippen molar-refractivity contribution in [3.63, 3.8) is 0 Å². The lowest BCUT2D eigenvalue weighted by Crippen LogP contribution is -2.58. The molecule has 0 N–H and O–H groups in total. The highest BCUT2D eigenvalue weighted by Crippen LogP contribution is 2.89. The third kappa shape index (κ3) is 3.43. The van der Waals surface area contributed by atoms with Gasteiger partial charge in [-0.15, -0.1) is 0 Å². The molecule has 5 aliphatic carbocycles. The summed E-state index contributed by atoms with van der Waals surface area (Å²) in [5.41, 5.74) is 3.58. The van der Waals surface area contributed by atoms with E-state index in [0.717, 1.165) is 30.1 Å². The molecule has 10 atom stereocenters. The average molecular weight is 497 g/mol. The zero-order chi connectivity index (χ0) is 26.3. The monoisotopic (exact) mass is 496 g/mol. The minimum absolute atomic E-state index is 0.0937. The minimum Gasteiger partial charge on any atom is -0.462 e. The van der Waals surface area contributed by atoms with Crippen LogP contribution in [0.25, 0.3) is 0 Å². The summed E-state index contributed by atoms with van der Waals surface area (Å²) < 4.78 is 5.92. The van der Waals surface area contributed by atoms with E-state index in [1.165, 1.54) is 76.2 Å². The van der Waals surface area contributed by atoms with E-state index < -0.39 is 0 Å². The molecule has 0 saturated heterocycles. The Labute approximate surface area is 222 Å². The van der Waals surface area contributed by atoms with Crippen molar-refractivity contribution in [1.29, 1.82) is 0 Å². The van der Waals surface area contributed by atoms with E-state index >= 15 is 0 Å². The first kappa shape index (κ1) is 26.8. The number of rotatable bonds is 7. The number of carbonyl (C=O) groups is 1. The summed E-state index contributed by atoms with van der Waals surface area (Å²) in [6.07, 6.45) is 16.4. The summed E-state index contributed by atoms with van der Waals surface area (Å²) in [6.45, 7) is 23.4. The predicted octanol–water partition coefficient (Wildman–Crippen LogP) is 9.38. The van der Waals surface area contributed by atoms with Gasteiger partial charge in [0.1, 0.15) is 6.10 Å². The lowest BCUT2D eigenvalue weighted by atomic mass is 9.41. The molecule has 0 bridgehead atoms. The third-order valence-corrected chi connectivity index (χ3v) is 14.3. The second-order valence-corrected chi connectivity index (χ2v) is 15.6. The van der Waals surface area contributed by atoms with Crippen LogP contribution in [-0.4, -0.2) is 12.1 Å². The first-order valence-corrected chi connectivity index (χ1v) is 15.6. The van der Waals surface area contributed by atoms with Crippen LogP contribution in [0.5, 0.6) is 0 Å². The lowest BCUT2D eigenvalue weighted by Gasteiger charge is -2.63. The molecule has 2 spiro atoms. The largest absolute Gasteiger partial charge is 0.462 e. The van der Waals surface area contributed by atoms with Gasteiger partial charge in [0.25, 0.3) is 0 Å². The predicted molar refractivity (Wildman–Crippen MR) is 149 cm³/mol. The Bertz CT molecular complexity index is 903. The second kappa shape index (κ2) is 8.61. The fourth-order valence-corrected chi connectivity index (χ4v) is 12.2. The van der Waals surface area contributed by atoms with Crippen LogP contribution in [0.3, 0.4) is 0 Å². The highest BCUT2D eigenvalue weighted by molar-refractivity contribution is 5.66. The van der Waals surface area contributed by atoms with Crippen molar-refractivity contribution >= 4 is 5.97 Å². The van der Waals surface area contributed by atoms with Gasteiger partial charge in [0.2, 0.25) is 0 Å². The van der Waals surface area contributed by atoms with Crippen LogP contribution in [-0.2, 0) is 9.53 Å². The molecule has 5 aliphatic rings. The highest BCUT2D eigenvalue weighted by atomic mass is 16.5. The zero-order valence-corrected chi connectivity index (χ0v) is 25.0. The van der Waals surface area contributed by atoms with Crippen LogP contribution in [0.15, 0.2) is 12.2 Å². The molecule has 204 valence electrons. The smallest absolute Gasteiger partial charge is 0.302 e. The normalized spacial score (nSPS) is 48.0. The van der Waals surface area contributed by atoms with Gasteiger partial charge in [0.05, 0.1) is 0 Å². The molecule has 2 nitrogen and oxygen atoms in total. The molecule has 0 aromatic carbocycles. The Hall–Kier alpha value is -0.790. The van der Waals surface area contributed by atoms with E-state index in [9.17, 15) is 4.79 Å². The Balaban J connectivity index is 1.36. The second-order valence-electron chi connectivity index (χ2n) is 15.6. The summed E-state index contributed by atoms with van der Waals surface area (Å²) in [7, 11) is 0. The Morgan fingerprint density at radius 2 is 1.56 bits per heavy atom. The van der Waals surface area contributed by atoms with E-state index in [-0.39, 0.29) is 17.5 Å². The maximum atomic E-state index is 11.9. The summed E-state index contributed by atoms with van der Waals surface area (Å²) >= 11 is 0. The van der Waals surface area contributed by atoms with Gasteiger partial charge in [0, 0.05) is 12.3 Å². The molecule has 5 rings (SSSR count). The molecule has 6 unspecified atom stereocenters. The topological polar surface area (TPSA) is 26.3 Å². The van der Waals surface area contributed by atoms with Gasteiger partial charge < -0.3 is 4.74 Å². The fraction of sp³-hybridized carbons (Fsp3) is 0.912. The van der Waals surface area contributed by atoms with E-state index in [1.807, 2.05) is 0 Å². The van der Waals surface area contributed by atoms with Gasteiger partial charge in [-0.2, -0.15) is 0 Å². The van der Waals surface area contributed by atoms with E-state index in [0.29, 0.717) is 27.6 Å². The van der Waals surface area contributed by atoms with Crippen LogP contribution < -0.4 is 0 Å². The van der Waals surface area contributed by atoms with Gasteiger partial charge in [-0.1, -0.05) is 53.7 Å². The standard InChI is InChI=1S/C34H56O2/c1-10-25(22(2)3)12-11-23(4)26-15-17-32(9)28-14-13-27-30(6,7)29(36-24(5)35)16-18-33(27)21-34(28,33)20-19-31(26,32)8/h23,25-29H,2,10-21H2,1,3-9H3/t23-,25-,26-,27?,28?,29+,31?,32?,33?,34?/m1/s1. The molecule has 0 radical (unpaired) electrons. The average Bonchev–Trinajstić information content (AvgIpc) is 3.38. The highest BCUT2D eigenvalue weighted by Gasteiger charge is 2.82. The molecule has 36 heavy (non-hydrogen) atoms.